The molecule has 2 aliphatic heterocycles. The molecule has 0 aromatic heterocycles. The number of cyclic esters (lactones) is 2. The van der Waals surface area contributed by atoms with Gasteiger partial charge in [-0.15, -0.1) is 0 Å². The largest absolute Gasteiger partial charge is 0.431 e. The molecule has 0 aromatic rings. The number of hydrogen-bond donors (Lipinski definition) is 0. The molecule has 0 N–H and O–H groups in total. The third-order valence-electron chi connectivity index (χ3n) is 4.41. The van der Waals surface area contributed by atoms with Gasteiger partial charge in [-0.3, -0.25) is 4.79 Å². The van der Waals surface area contributed by atoms with Gasteiger partial charge in [-0.05, 0) is 12.3 Å². The Labute approximate surface area is 97.6 Å². The molecule has 0 aromatic carbocycles. The van der Waals surface area contributed by atoms with Crippen LogP contribution in [0.25, 0.3) is 0 Å². The summed E-state index contributed by atoms with van der Waals surface area (Å²) in [5, 5.41) is 0. The van der Waals surface area contributed by atoms with Crippen LogP contribution >= 0.6 is 0 Å². The lowest BCUT2D eigenvalue weighted by atomic mass is 9.77. The molecule has 0 radical (unpaired) electrons. The highest BCUT2D eigenvalue weighted by molar-refractivity contribution is 5.98. The minimum atomic E-state index is -0.332. The van der Waals surface area contributed by atoms with E-state index in [1.165, 1.54) is 0 Å². The van der Waals surface area contributed by atoms with Crippen molar-refractivity contribution in [3.63, 3.8) is 0 Å². The maximum absolute atomic E-state index is 11.8. The number of rotatable bonds is 0. The molecule has 17 heavy (non-hydrogen) atoms. The fourth-order valence-corrected chi connectivity index (χ4v) is 3.90. The fourth-order valence-electron chi connectivity index (χ4n) is 3.90. The second-order valence-corrected chi connectivity index (χ2v) is 5.03. The number of fused-ring (bicyclic) bond motifs is 7. The first-order valence-electron chi connectivity index (χ1n) is 5.65. The van der Waals surface area contributed by atoms with Gasteiger partial charge in [-0.2, -0.15) is 0 Å². The van der Waals surface area contributed by atoms with E-state index in [0.717, 1.165) is 12.0 Å². The summed E-state index contributed by atoms with van der Waals surface area (Å²) in [5.41, 5.74) is 1.56. The van der Waals surface area contributed by atoms with Crippen molar-refractivity contribution in [2.75, 3.05) is 0 Å². The Hall–Kier alpha value is -1.84. The molecule has 2 bridgehead atoms. The maximum Gasteiger partial charge on any atom is 0.340 e. The van der Waals surface area contributed by atoms with Crippen LogP contribution in [-0.4, -0.2) is 11.9 Å². The van der Waals surface area contributed by atoms with Crippen molar-refractivity contribution >= 4 is 11.9 Å². The minimum Gasteiger partial charge on any atom is -0.431 e. The molecule has 1 saturated heterocycles. The molecule has 4 unspecified atom stereocenters. The first-order chi connectivity index (χ1) is 8.09. The Morgan fingerprint density at radius 3 is 2.47 bits per heavy atom. The molecule has 2 aliphatic carbocycles. The molecule has 86 valence electrons. The van der Waals surface area contributed by atoms with Crippen molar-refractivity contribution in [1.29, 1.82) is 0 Å². The van der Waals surface area contributed by atoms with E-state index in [1.807, 2.05) is 0 Å². The molecule has 0 spiro atoms. The summed E-state index contributed by atoms with van der Waals surface area (Å²) >= 11 is 0. The number of carbonyl (C=O) groups is 2. The van der Waals surface area contributed by atoms with Gasteiger partial charge in [0.05, 0.1) is 5.92 Å². The van der Waals surface area contributed by atoms with E-state index in [2.05, 4.69) is 13.2 Å². The van der Waals surface area contributed by atoms with Crippen LogP contribution in [0.5, 0.6) is 0 Å². The van der Waals surface area contributed by atoms with E-state index in [0.29, 0.717) is 17.1 Å². The Morgan fingerprint density at radius 2 is 1.71 bits per heavy atom. The molecular weight excluding hydrogens is 220 g/mol. The Kier molecular flexibility index (Phi) is 1.37. The molecule has 4 heteroatoms. The van der Waals surface area contributed by atoms with Gasteiger partial charge in [0.1, 0.15) is 11.5 Å². The van der Waals surface area contributed by atoms with Crippen LogP contribution in [0, 0.1) is 23.7 Å². The summed E-state index contributed by atoms with van der Waals surface area (Å²) in [6.07, 6.45) is 0.822. The SMILES string of the molecule is C=C1OC(=O)C2=C1C1CC2C2C(=O)OC(=C)C12. The predicted molar refractivity (Wildman–Crippen MR) is 56.1 cm³/mol. The van der Waals surface area contributed by atoms with Gasteiger partial charge < -0.3 is 9.47 Å². The van der Waals surface area contributed by atoms with Crippen LogP contribution in [0.2, 0.25) is 0 Å². The van der Waals surface area contributed by atoms with Gasteiger partial charge in [0.25, 0.3) is 0 Å². The summed E-state index contributed by atoms with van der Waals surface area (Å²) in [6.45, 7) is 7.57. The molecular formula is C13H10O4. The van der Waals surface area contributed by atoms with Crippen LogP contribution in [0.4, 0.5) is 0 Å². The van der Waals surface area contributed by atoms with Crippen molar-refractivity contribution in [2.45, 2.75) is 6.42 Å². The van der Waals surface area contributed by atoms with Gasteiger partial charge in [-0.1, -0.05) is 13.2 Å². The highest BCUT2D eigenvalue weighted by atomic mass is 16.6. The summed E-state index contributed by atoms with van der Waals surface area (Å²) in [7, 11) is 0. The van der Waals surface area contributed by atoms with Crippen molar-refractivity contribution in [2.24, 2.45) is 23.7 Å². The zero-order valence-corrected chi connectivity index (χ0v) is 9.06. The van der Waals surface area contributed by atoms with Gasteiger partial charge in [-0.25, -0.2) is 4.79 Å². The molecule has 4 atom stereocenters. The van der Waals surface area contributed by atoms with E-state index in [4.69, 9.17) is 9.47 Å². The van der Waals surface area contributed by atoms with Crippen LogP contribution in [0.3, 0.4) is 0 Å². The standard InChI is InChI=1S/C13H10O4/c1-4-8-6-3-7(10(8)12(14)16-4)11-9(6)5(2)17-13(11)15/h6-8,10H,1-3H2. The normalized spacial score (nSPS) is 41.9. The first-order valence-corrected chi connectivity index (χ1v) is 5.65. The Morgan fingerprint density at radius 1 is 1.00 bits per heavy atom. The molecule has 4 rings (SSSR count). The first kappa shape index (κ1) is 9.22. The average Bonchev–Trinajstić information content (AvgIpc) is 2.92. The zero-order chi connectivity index (χ0) is 11.9. The Bertz CT molecular complexity index is 508. The van der Waals surface area contributed by atoms with Crippen LogP contribution in [0.15, 0.2) is 35.8 Å². The van der Waals surface area contributed by atoms with Gasteiger partial charge >= 0.3 is 11.9 Å². The molecule has 1 saturated carbocycles. The lowest BCUT2D eigenvalue weighted by Crippen LogP contribution is -2.25. The summed E-state index contributed by atoms with van der Waals surface area (Å²) in [5.74, 6) is 0.249. The highest BCUT2D eigenvalue weighted by Gasteiger charge is 2.64. The predicted octanol–water partition coefficient (Wildman–Crippen LogP) is 1.31. The maximum atomic E-state index is 11.8. The average molecular weight is 230 g/mol. The van der Waals surface area contributed by atoms with E-state index in [1.54, 1.807) is 0 Å². The zero-order valence-electron chi connectivity index (χ0n) is 9.06. The van der Waals surface area contributed by atoms with Crippen molar-refractivity contribution in [3.05, 3.63) is 35.8 Å². The van der Waals surface area contributed by atoms with Crippen molar-refractivity contribution < 1.29 is 19.1 Å². The van der Waals surface area contributed by atoms with E-state index in [-0.39, 0.29) is 35.6 Å². The number of allylic oxidation sites excluding steroid dienone is 2. The smallest absolute Gasteiger partial charge is 0.340 e. The number of carbonyl (C=O) groups excluding carboxylic acids is 2. The van der Waals surface area contributed by atoms with E-state index >= 15 is 0 Å². The molecule has 2 heterocycles. The van der Waals surface area contributed by atoms with Crippen LogP contribution in [0.1, 0.15) is 6.42 Å². The number of hydrogen-bond acceptors (Lipinski definition) is 4. The van der Waals surface area contributed by atoms with E-state index in [9.17, 15) is 9.59 Å². The number of ether oxygens (including phenoxy) is 2. The second kappa shape index (κ2) is 2.53. The van der Waals surface area contributed by atoms with Crippen molar-refractivity contribution in [1.82, 2.24) is 0 Å². The summed E-state index contributed by atoms with van der Waals surface area (Å²) in [4.78, 5) is 23.5. The topological polar surface area (TPSA) is 52.6 Å². The molecule has 2 fully saturated rings. The van der Waals surface area contributed by atoms with Gasteiger partial charge in [0.2, 0.25) is 0 Å². The molecule has 4 aliphatic rings. The highest BCUT2D eigenvalue weighted by Crippen LogP contribution is 2.63. The lowest BCUT2D eigenvalue weighted by molar-refractivity contribution is -0.140. The van der Waals surface area contributed by atoms with Crippen LogP contribution < -0.4 is 0 Å². The molecule has 4 nitrogen and oxygen atoms in total. The van der Waals surface area contributed by atoms with Gasteiger partial charge in [0.15, 0.2) is 0 Å². The second-order valence-electron chi connectivity index (χ2n) is 5.03. The third-order valence-corrected chi connectivity index (χ3v) is 4.41. The number of esters is 2. The lowest BCUT2D eigenvalue weighted by Gasteiger charge is -2.20. The summed E-state index contributed by atoms with van der Waals surface area (Å²) in [6, 6.07) is 0. The van der Waals surface area contributed by atoms with Crippen LogP contribution in [-0.2, 0) is 19.1 Å². The van der Waals surface area contributed by atoms with E-state index < -0.39 is 0 Å². The molecule has 0 amide bonds. The van der Waals surface area contributed by atoms with Crippen molar-refractivity contribution in [3.8, 4) is 0 Å². The third kappa shape index (κ3) is 0.832. The minimum absolute atomic E-state index is 0.0116. The Balaban J connectivity index is 1.90. The van der Waals surface area contributed by atoms with Gasteiger partial charge in [0, 0.05) is 23.0 Å². The monoisotopic (exact) mass is 230 g/mol. The quantitative estimate of drug-likeness (QED) is 0.589. The summed E-state index contributed by atoms with van der Waals surface area (Å²) < 4.78 is 10.2. The fraction of sp³-hybridized carbons (Fsp3) is 0.385.